The van der Waals surface area contributed by atoms with Crippen LogP contribution in [0.1, 0.15) is 31.2 Å². The first-order valence-electron chi connectivity index (χ1n) is 7.45. The Morgan fingerprint density at radius 2 is 2.00 bits per heavy atom. The molecule has 1 aliphatic heterocycles. The molecule has 4 nitrogen and oxygen atoms in total. The van der Waals surface area contributed by atoms with Gasteiger partial charge in [-0.2, -0.15) is 0 Å². The first-order valence-corrected chi connectivity index (χ1v) is 7.45. The summed E-state index contributed by atoms with van der Waals surface area (Å²) in [6.07, 6.45) is 3.55. The number of nitrogens with one attached hydrogen (secondary N) is 1. The second-order valence-electron chi connectivity index (χ2n) is 5.87. The number of rotatable bonds is 5. The maximum Gasteiger partial charge on any atom is 0.225 e. The summed E-state index contributed by atoms with van der Waals surface area (Å²) in [5.41, 5.74) is 0.939. The van der Waals surface area contributed by atoms with Crippen molar-refractivity contribution >= 4 is 11.8 Å². The Bertz CT molecular complexity index is 540. The lowest BCUT2D eigenvalue weighted by Gasteiger charge is -2.16. The van der Waals surface area contributed by atoms with Gasteiger partial charge in [0.1, 0.15) is 5.82 Å². The monoisotopic (exact) mass is 290 g/mol. The Morgan fingerprint density at radius 1 is 1.29 bits per heavy atom. The van der Waals surface area contributed by atoms with E-state index in [9.17, 15) is 14.0 Å². The standard InChI is InChI=1S/C16H19FN2O2/c17-12-4-1-11(2-5-12)3-8-15(20)18-13-9-16(21)19(10-13)14-6-7-14/h1-2,4-5,13-14H,3,6-10H2,(H,18,20). The summed E-state index contributed by atoms with van der Waals surface area (Å²) in [6.45, 7) is 0.645. The maximum absolute atomic E-state index is 12.8. The minimum atomic E-state index is -0.271. The number of amides is 2. The fourth-order valence-electron chi connectivity index (χ4n) is 2.78. The number of benzene rings is 1. The van der Waals surface area contributed by atoms with Crippen molar-refractivity contribution in [2.75, 3.05) is 6.54 Å². The van der Waals surface area contributed by atoms with Crippen LogP contribution in [0.5, 0.6) is 0 Å². The molecule has 0 radical (unpaired) electrons. The fraction of sp³-hybridized carbons (Fsp3) is 0.500. The van der Waals surface area contributed by atoms with Crippen LogP contribution in [-0.4, -0.2) is 35.3 Å². The van der Waals surface area contributed by atoms with E-state index in [0.717, 1.165) is 18.4 Å². The van der Waals surface area contributed by atoms with Crippen molar-refractivity contribution in [2.24, 2.45) is 0 Å². The lowest BCUT2D eigenvalue weighted by molar-refractivity contribution is -0.128. The minimum Gasteiger partial charge on any atom is -0.351 e. The van der Waals surface area contributed by atoms with Crippen molar-refractivity contribution in [2.45, 2.75) is 44.2 Å². The molecule has 1 unspecified atom stereocenters. The zero-order valence-corrected chi connectivity index (χ0v) is 11.8. The summed E-state index contributed by atoms with van der Waals surface area (Å²) in [6, 6.07) is 6.54. The van der Waals surface area contributed by atoms with E-state index in [2.05, 4.69) is 5.32 Å². The normalized spacial score (nSPS) is 21.7. The van der Waals surface area contributed by atoms with Crippen LogP contribution in [0.15, 0.2) is 24.3 Å². The maximum atomic E-state index is 12.8. The Labute approximate surface area is 123 Å². The summed E-state index contributed by atoms with van der Waals surface area (Å²) in [5, 5.41) is 2.93. The van der Waals surface area contributed by atoms with E-state index in [-0.39, 0.29) is 23.7 Å². The van der Waals surface area contributed by atoms with Crippen LogP contribution in [0.25, 0.3) is 0 Å². The molecule has 1 saturated heterocycles. The van der Waals surface area contributed by atoms with E-state index < -0.39 is 0 Å². The number of hydrogen-bond donors (Lipinski definition) is 1. The van der Waals surface area contributed by atoms with Crippen LogP contribution in [0.4, 0.5) is 4.39 Å². The molecule has 2 amide bonds. The van der Waals surface area contributed by atoms with Crippen LogP contribution < -0.4 is 5.32 Å². The van der Waals surface area contributed by atoms with E-state index in [1.165, 1.54) is 12.1 Å². The molecule has 1 aromatic carbocycles. The van der Waals surface area contributed by atoms with Gasteiger partial charge < -0.3 is 10.2 Å². The molecular weight excluding hydrogens is 271 g/mol. The predicted octanol–water partition coefficient (Wildman–Crippen LogP) is 1.64. The summed E-state index contributed by atoms with van der Waals surface area (Å²) in [7, 11) is 0. The number of halogens is 1. The van der Waals surface area contributed by atoms with Crippen molar-refractivity contribution in [3.8, 4) is 0 Å². The third kappa shape index (κ3) is 3.60. The van der Waals surface area contributed by atoms with Gasteiger partial charge in [0, 0.05) is 25.4 Å². The number of carbonyl (C=O) groups excluding carboxylic acids is 2. The average Bonchev–Trinajstić information content (AvgIpc) is 3.23. The van der Waals surface area contributed by atoms with E-state index in [1.807, 2.05) is 4.90 Å². The van der Waals surface area contributed by atoms with E-state index in [0.29, 0.717) is 31.8 Å². The molecular formula is C16H19FN2O2. The molecule has 1 aromatic rings. The molecule has 1 heterocycles. The summed E-state index contributed by atoms with van der Waals surface area (Å²) in [5.74, 6) is -0.163. The molecule has 5 heteroatoms. The summed E-state index contributed by atoms with van der Waals surface area (Å²) < 4.78 is 12.8. The van der Waals surface area contributed by atoms with Crippen molar-refractivity contribution in [1.82, 2.24) is 10.2 Å². The van der Waals surface area contributed by atoms with Crippen LogP contribution in [0.3, 0.4) is 0 Å². The molecule has 1 saturated carbocycles. The Kier molecular flexibility index (Phi) is 3.90. The lowest BCUT2D eigenvalue weighted by atomic mass is 10.1. The van der Waals surface area contributed by atoms with Crippen LogP contribution >= 0.6 is 0 Å². The largest absolute Gasteiger partial charge is 0.351 e. The zero-order valence-electron chi connectivity index (χ0n) is 11.8. The molecule has 0 aromatic heterocycles. The van der Waals surface area contributed by atoms with Crippen molar-refractivity contribution in [3.63, 3.8) is 0 Å². The second-order valence-corrected chi connectivity index (χ2v) is 5.87. The number of likely N-dealkylation sites (tertiary alicyclic amines) is 1. The van der Waals surface area contributed by atoms with Crippen molar-refractivity contribution in [3.05, 3.63) is 35.6 Å². The van der Waals surface area contributed by atoms with Crippen molar-refractivity contribution < 1.29 is 14.0 Å². The number of carbonyl (C=O) groups is 2. The van der Waals surface area contributed by atoms with Crippen LogP contribution in [0, 0.1) is 5.82 Å². The van der Waals surface area contributed by atoms with Gasteiger partial charge in [0.15, 0.2) is 0 Å². The minimum absolute atomic E-state index is 0.0465. The molecule has 0 spiro atoms. The highest BCUT2D eigenvalue weighted by atomic mass is 19.1. The first kappa shape index (κ1) is 14.0. The van der Waals surface area contributed by atoms with E-state index in [4.69, 9.17) is 0 Å². The van der Waals surface area contributed by atoms with Gasteiger partial charge in [0.25, 0.3) is 0 Å². The Balaban J connectivity index is 1.44. The Hall–Kier alpha value is -1.91. The molecule has 21 heavy (non-hydrogen) atoms. The smallest absolute Gasteiger partial charge is 0.225 e. The van der Waals surface area contributed by atoms with Gasteiger partial charge in [0.05, 0.1) is 6.04 Å². The first-order chi connectivity index (χ1) is 10.1. The fourth-order valence-corrected chi connectivity index (χ4v) is 2.78. The lowest BCUT2D eigenvalue weighted by Crippen LogP contribution is -2.37. The number of nitrogens with zero attached hydrogens (tertiary/aromatic N) is 1. The molecule has 1 N–H and O–H groups in total. The molecule has 1 aliphatic carbocycles. The second kappa shape index (κ2) is 5.84. The highest BCUT2D eigenvalue weighted by Crippen LogP contribution is 2.30. The molecule has 112 valence electrons. The van der Waals surface area contributed by atoms with Gasteiger partial charge in [-0.05, 0) is 37.0 Å². The van der Waals surface area contributed by atoms with E-state index >= 15 is 0 Å². The molecule has 2 aliphatic rings. The van der Waals surface area contributed by atoms with Gasteiger partial charge in [-0.1, -0.05) is 12.1 Å². The number of hydrogen-bond acceptors (Lipinski definition) is 2. The summed E-state index contributed by atoms with van der Waals surface area (Å²) >= 11 is 0. The third-order valence-corrected chi connectivity index (χ3v) is 4.07. The van der Waals surface area contributed by atoms with Gasteiger partial charge >= 0.3 is 0 Å². The predicted molar refractivity (Wildman–Crippen MR) is 76.0 cm³/mol. The quantitative estimate of drug-likeness (QED) is 0.896. The van der Waals surface area contributed by atoms with Crippen LogP contribution in [0.2, 0.25) is 0 Å². The molecule has 0 bridgehead atoms. The highest BCUT2D eigenvalue weighted by molar-refractivity contribution is 5.82. The zero-order chi connectivity index (χ0) is 14.8. The molecule has 3 rings (SSSR count). The summed E-state index contributed by atoms with van der Waals surface area (Å²) in [4.78, 5) is 25.6. The average molecular weight is 290 g/mol. The van der Waals surface area contributed by atoms with E-state index in [1.54, 1.807) is 12.1 Å². The van der Waals surface area contributed by atoms with Gasteiger partial charge in [-0.3, -0.25) is 9.59 Å². The van der Waals surface area contributed by atoms with Gasteiger partial charge in [-0.15, -0.1) is 0 Å². The highest BCUT2D eigenvalue weighted by Gasteiger charge is 2.39. The SMILES string of the molecule is O=C(CCc1ccc(F)cc1)NC1CC(=O)N(C2CC2)C1. The van der Waals surface area contributed by atoms with Crippen molar-refractivity contribution in [1.29, 1.82) is 0 Å². The molecule has 2 fully saturated rings. The van der Waals surface area contributed by atoms with Gasteiger partial charge in [-0.25, -0.2) is 4.39 Å². The topological polar surface area (TPSA) is 49.4 Å². The van der Waals surface area contributed by atoms with Crippen LogP contribution in [-0.2, 0) is 16.0 Å². The number of aryl methyl sites for hydroxylation is 1. The third-order valence-electron chi connectivity index (χ3n) is 4.07. The Morgan fingerprint density at radius 3 is 2.67 bits per heavy atom. The molecule has 1 atom stereocenters. The van der Waals surface area contributed by atoms with Gasteiger partial charge in [0.2, 0.25) is 11.8 Å².